The number of hydrogen-bond acceptors (Lipinski definition) is 4. The van der Waals surface area contributed by atoms with E-state index in [9.17, 15) is 0 Å². The molecule has 0 atom stereocenters. The van der Waals surface area contributed by atoms with E-state index in [1.165, 1.54) is 5.56 Å². The summed E-state index contributed by atoms with van der Waals surface area (Å²) in [6, 6.07) is 10.0. The summed E-state index contributed by atoms with van der Waals surface area (Å²) < 4.78 is 5.15. The number of pyridine rings is 1. The average Bonchev–Trinajstić information content (AvgIpc) is 2.46. The van der Waals surface area contributed by atoms with Gasteiger partial charge in [0, 0.05) is 26.8 Å². The summed E-state index contributed by atoms with van der Waals surface area (Å²) in [5.41, 5.74) is 3.36. The molecule has 0 saturated heterocycles. The van der Waals surface area contributed by atoms with E-state index < -0.39 is 0 Å². The molecule has 0 radical (unpaired) electrons. The molecule has 100 valence electrons. The van der Waals surface area contributed by atoms with Crippen LogP contribution in [-0.4, -0.2) is 26.2 Å². The van der Waals surface area contributed by atoms with Crippen molar-refractivity contribution in [2.45, 2.75) is 6.54 Å². The summed E-state index contributed by atoms with van der Waals surface area (Å²) in [5.74, 6) is 0.874. The normalized spacial score (nSPS) is 10.1. The van der Waals surface area contributed by atoms with Gasteiger partial charge in [0.1, 0.15) is 5.75 Å². The van der Waals surface area contributed by atoms with Gasteiger partial charge in [-0.1, -0.05) is 12.1 Å². The summed E-state index contributed by atoms with van der Waals surface area (Å²) in [5, 5.41) is 3.40. The molecule has 4 nitrogen and oxygen atoms in total. The lowest BCUT2D eigenvalue weighted by Gasteiger charge is -2.17. The van der Waals surface area contributed by atoms with Gasteiger partial charge in [-0.2, -0.15) is 0 Å². The highest BCUT2D eigenvalue weighted by atomic mass is 16.5. The number of hydrogen-bond donors (Lipinski definition) is 1. The van der Waals surface area contributed by atoms with E-state index in [1.54, 1.807) is 13.3 Å². The van der Waals surface area contributed by atoms with Crippen LogP contribution in [0.2, 0.25) is 0 Å². The predicted octanol–water partition coefficient (Wildman–Crippen LogP) is 2.77. The Hall–Kier alpha value is -2.23. The van der Waals surface area contributed by atoms with Crippen molar-refractivity contribution < 1.29 is 4.74 Å². The van der Waals surface area contributed by atoms with Gasteiger partial charge >= 0.3 is 0 Å². The molecule has 0 spiro atoms. The molecule has 0 amide bonds. The van der Waals surface area contributed by atoms with Gasteiger partial charge in [-0.15, -0.1) is 0 Å². The largest absolute Gasteiger partial charge is 0.497 e. The fourth-order valence-electron chi connectivity index (χ4n) is 1.85. The number of methoxy groups -OCH3 is 1. The number of ether oxygens (including phenoxy) is 1. The first-order chi connectivity index (χ1) is 9.20. The monoisotopic (exact) mass is 257 g/mol. The molecule has 1 N–H and O–H groups in total. The van der Waals surface area contributed by atoms with Crippen LogP contribution in [0.4, 0.5) is 11.4 Å². The third-order valence-corrected chi connectivity index (χ3v) is 2.92. The van der Waals surface area contributed by atoms with Gasteiger partial charge in [0.25, 0.3) is 0 Å². The van der Waals surface area contributed by atoms with Crippen LogP contribution in [0, 0.1) is 0 Å². The maximum atomic E-state index is 5.15. The van der Waals surface area contributed by atoms with Crippen LogP contribution in [0.3, 0.4) is 0 Å². The lowest BCUT2D eigenvalue weighted by molar-refractivity contribution is 0.414. The minimum Gasteiger partial charge on any atom is -0.497 e. The molecule has 0 aliphatic carbocycles. The van der Waals surface area contributed by atoms with Crippen molar-refractivity contribution in [2.75, 3.05) is 31.4 Å². The lowest BCUT2D eigenvalue weighted by Crippen LogP contribution is -2.12. The first-order valence-electron chi connectivity index (χ1n) is 6.19. The first-order valence-corrected chi connectivity index (χ1v) is 6.19. The maximum Gasteiger partial charge on any atom is 0.118 e. The van der Waals surface area contributed by atoms with Crippen molar-refractivity contribution in [2.24, 2.45) is 0 Å². The zero-order valence-electron chi connectivity index (χ0n) is 11.6. The Morgan fingerprint density at radius 3 is 2.53 bits per heavy atom. The standard InChI is InChI=1S/C15H19N3O/c1-18(2)15-8-9-16-11-14(15)17-10-12-4-6-13(19-3)7-5-12/h4-9,11,17H,10H2,1-3H3. The molecule has 4 heteroatoms. The molecule has 0 aliphatic rings. The van der Waals surface area contributed by atoms with E-state index in [-0.39, 0.29) is 0 Å². The Bertz CT molecular complexity index is 523. The molecular weight excluding hydrogens is 238 g/mol. The first kappa shape index (κ1) is 13.2. The third kappa shape index (κ3) is 3.37. The summed E-state index contributed by atoms with van der Waals surface area (Å²) in [7, 11) is 5.72. The smallest absolute Gasteiger partial charge is 0.118 e. The molecule has 1 aromatic heterocycles. The second kappa shape index (κ2) is 6.09. The SMILES string of the molecule is COc1ccc(CNc2cnccc2N(C)C)cc1. The van der Waals surface area contributed by atoms with Crippen molar-refractivity contribution in [3.63, 3.8) is 0 Å². The van der Waals surface area contributed by atoms with E-state index in [0.717, 1.165) is 23.7 Å². The molecule has 1 heterocycles. The van der Waals surface area contributed by atoms with Crippen molar-refractivity contribution in [1.82, 2.24) is 4.98 Å². The highest BCUT2D eigenvalue weighted by Gasteiger charge is 2.03. The second-order valence-electron chi connectivity index (χ2n) is 4.49. The predicted molar refractivity (Wildman–Crippen MR) is 78.9 cm³/mol. The fraction of sp³-hybridized carbons (Fsp3) is 0.267. The van der Waals surface area contributed by atoms with Crippen LogP contribution in [0.5, 0.6) is 5.75 Å². The van der Waals surface area contributed by atoms with Gasteiger partial charge in [0.2, 0.25) is 0 Å². The Morgan fingerprint density at radius 2 is 1.89 bits per heavy atom. The van der Waals surface area contributed by atoms with Gasteiger partial charge in [-0.3, -0.25) is 4.98 Å². The number of nitrogens with zero attached hydrogens (tertiary/aromatic N) is 2. The number of rotatable bonds is 5. The molecule has 0 fully saturated rings. The molecule has 2 rings (SSSR count). The maximum absolute atomic E-state index is 5.15. The molecule has 0 unspecified atom stereocenters. The molecular formula is C15H19N3O. The summed E-state index contributed by atoms with van der Waals surface area (Å²) in [4.78, 5) is 6.23. The molecule has 0 bridgehead atoms. The van der Waals surface area contributed by atoms with E-state index in [4.69, 9.17) is 4.74 Å². The highest BCUT2D eigenvalue weighted by molar-refractivity contribution is 5.68. The Morgan fingerprint density at radius 1 is 1.16 bits per heavy atom. The number of aromatic nitrogens is 1. The topological polar surface area (TPSA) is 37.4 Å². The van der Waals surface area contributed by atoms with Crippen LogP contribution >= 0.6 is 0 Å². The van der Waals surface area contributed by atoms with Crippen molar-refractivity contribution in [3.05, 3.63) is 48.3 Å². The fourth-order valence-corrected chi connectivity index (χ4v) is 1.85. The van der Waals surface area contributed by atoms with E-state index in [0.29, 0.717) is 0 Å². The third-order valence-electron chi connectivity index (χ3n) is 2.92. The van der Waals surface area contributed by atoms with Crippen molar-refractivity contribution in [1.29, 1.82) is 0 Å². The van der Waals surface area contributed by atoms with Crippen molar-refractivity contribution in [3.8, 4) is 5.75 Å². The van der Waals surface area contributed by atoms with Crippen molar-refractivity contribution >= 4 is 11.4 Å². The number of benzene rings is 1. The minimum atomic E-state index is 0.760. The molecule has 19 heavy (non-hydrogen) atoms. The van der Waals surface area contributed by atoms with Gasteiger partial charge in [-0.05, 0) is 23.8 Å². The average molecular weight is 257 g/mol. The minimum absolute atomic E-state index is 0.760. The van der Waals surface area contributed by atoms with Crippen LogP contribution in [-0.2, 0) is 6.54 Å². The molecule has 0 saturated carbocycles. The van der Waals surface area contributed by atoms with Crippen LogP contribution in [0.1, 0.15) is 5.56 Å². The molecule has 2 aromatic rings. The number of anilines is 2. The Kier molecular flexibility index (Phi) is 4.23. The zero-order chi connectivity index (χ0) is 13.7. The summed E-state index contributed by atoms with van der Waals surface area (Å²) in [6.07, 6.45) is 3.65. The molecule has 1 aromatic carbocycles. The van der Waals surface area contributed by atoms with Crippen LogP contribution < -0.4 is 15.0 Å². The lowest BCUT2D eigenvalue weighted by atomic mass is 10.2. The Labute approximate surface area is 114 Å². The van der Waals surface area contributed by atoms with E-state index in [2.05, 4.69) is 27.3 Å². The van der Waals surface area contributed by atoms with Gasteiger partial charge in [0.05, 0.1) is 24.7 Å². The zero-order valence-corrected chi connectivity index (χ0v) is 11.6. The van der Waals surface area contributed by atoms with E-state index in [1.807, 2.05) is 38.5 Å². The highest BCUT2D eigenvalue weighted by Crippen LogP contribution is 2.23. The number of nitrogens with one attached hydrogen (secondary N) is 1. The van der Waals surface area contributed by atoms with Crippen LogP contribution in [0.25, 0.3) is 0 Å². The quantitative estimate of drug-likeness (QED) is 0.893. The van der Waals surface area contributed by atoms with Gasteiger partial charge in [0.15, 0.2) is 0 Å². The van der Waals surface area contributed by atoms with E-state index >= 15 is 0 Å². The van der Waals surface area contributed by atoms with Crippen LogP contribution in [0.15, 0.2) is 42.7 Å². The second-order valence-corrected chi connectivity index (χ2v) is 4.49. The van der Waals surface area contributed by atoms with Gasteiger partial charge < -0.3 is 15.0 Å². The van der Waals surface area contributed by atoms with Gasteiger partial charge in [-0.25, -0.2) is 0 Å². The Balaban J connectivity index is 2.05. The summed E-state index contributed by atoms with van der Waals surface area (Å²) >= 11 is 0. The molecule has 0 aliphatic heterocycles. The summed E-state index contributed by atoms with van der Waals surface area (Å²) in [6.45, 7) is 0.760.